The van der Waals surface area contributed by atoms with E-state index in [1.165, 1.54) is 4.31 Å². The third-order valence-electron chi connectivity index (χ3n) is 4.13. The predicted molar refractivity (Wildman–Crippen MR) is 103 cm³/mol. The van der Waals surface area contributed by atoms with Crippen molar-refractivity contribution in [1.82, 2.24) is 9.29 Å². The van der Waals surface area contributed by atoms with Gasteiger partial charge in [-0.1, -0.05) is 50.2 Å². The summed E-state index contributed by atoms with van der Waals surface area (Å²) in [5.41, 5.74) is 0.909. The first-order chi connectivity index (χ1) is 12.4. The smallest absolute Gasteiger partial charge is 0.252 e. The van der Waals surface area contributed by atoms with Gasteiger partial charge in [0.2, 0.25) is 10.0 Å². The third kappa shape index (κ3) is 3.86. The van der Waals surface area contributed by atoms with Crippen LogP contribution in [0.4, 0.5) is 0 Å². The molecular weight excluding hydrogens is 348 g/mol. The van der Waals surface area contributed by atoms with E-state index in [0.717, 1.165) is 10.9 Å². The summed E-state index contributed by atoms with van der Waals surface area (Å²) in [5.74, 6) is 0.132. The zero-order valence-electron chi connectivity index (χ0n) is 14.8. The van der Waals surface area contributed by atoms with Gasteiger partial charge in [0.15, 0.2) is 0 Å². The van der Waals surface area contributed by atoms with E-state index in [-0.39, 0.29) is 22.9 Å². The van der Waals surface area contributed by atoms with E-state index in [9.17, 15) is 13.2 Å². The number of para-hydroxylation sites is 1. The van der Waals surface area contributed by atoms with E-state index in [1.807, 2.05) is 38.1 Å². The molecule has 0 radical (unpaired) electrons. The van der Waals surface area contributed by atoms with E-state index in [4.69, 9.17) is 0 Å². The summed E-state index contributed by atoms with van der Waals surface area (Å²) in [6.45, 7) is 4.29. The number of rotatable bonds is 6. The van der Waals surface area contributed by atoms with Crippen molar-refractivity contribution in [3.8, 4) is 0 Å². The maximum Gasteiger partial charge on any atom is 0.252 e. The molecule has 3 rings (SSSR count). The molecule has 136 valence electrons. The molecule has 3 aromatic rings. The monoisotopic (exact) mass is 370 g/mol. The number of aromatic amines is 1. The van der Waals surface area contributed by atoms with Gasteiger partial charge in [-0.15, -0.1) is 0 Å². The van der Waals surface area contributed by atoms with Gasteiger partial charge in [-0.25, -0.2) is 8.42 Å². The number of aromatic nitrogens is 1. The molecule has 0 amide bonds. The Morgan fingerprint density at radius 1 is 1.00 bits per heavy atom. The van der Waals surface area contributed by atoms with Crippen LogP contribution in [0.1, 0.15) is 19.4 Å². The standard InChI is InChI=1S/C20H22N2O3S/c1-15(2)13-22(26(24,25)18-9-4-3-5-10-18)14-17-12-16-8-6-7-11-19(16)21-20(17)23/h3-12,15H,13-14H2,1-2H3,(H,21,23). The fourth-order valence-electron chi connectivity index (χ4n) is 2.90. The number of sulfonamides is 1. The topological polar surface area (TPSA) is 70.2 Å². The summed E-state index contributed by atoms with van der Waals surface area (Å²) in [7, 11) is -3.68. The number of nitrogens with zero attached hydrogens (tertiary/aromatic N) is 1. The summed E-state index contributed by atoms with van der Waals surface area (Å²) in [4.78, 5) is 15.5. The Bertz CT molecular complexity index is 1060. The van der Waals surface area contributed by atoms with Gasteiger partial charge < -0.3 is 4.98 Å². The molecule has 5 nitrogen and oxygen atoms in total. The van der Waals surface area contributed by atoms with Gasteiger partial charge in [0, 0.05) is 24.2 Å². The maximum absolute atomic E-state index is 13.1. The van der Waals surface area contributed by atoms with Crippen molar-refractivity contribution in [1.29, 1.82) is 0 Å². The van der Waals surface area contributed by atoms with Crippen molar-refractivity contribution >= 4 is 20.9 Å². The van der Waals surface area contributed by atoms with Gasteiger partial charge in [-0.05, 0) is 35.6 Å². The first-order valence-corrected chi connectivity index (χ1v) is 9.98. The second-order valence-corrected chi connectivity index (χ2v) is 8.65. The van der Waals surface area contributed by atoms with E-state index < -0.39 is 10.0 Å². The molecule has 0 saturated carbocycles. The number of nitrogens with one attached hydrogen (secondary N) is 1. The molecular formula is C20H22N2O3S. The number of H-pyrrole nitrogens is 1. The van der Waals surface area contributed by atoms with Crippen molar-refractivity contribution in [3.05, 3.63) is 76.6 Å². The number of fused-ring (bicyclic) bond motifs is 1. The molecule has 0 atom stereocenters. The minimum atomic E-state index is -3.68. The van der Waals surface area contributed by atoms with Gasteiger partial charge in [0.25, 0.3) is 5.56 Å². The normalized spacial score (nSPS) is 12.2. The van der Waals surface area contributed by atoms with Gasteiger partial charge in [0.05, 0.1) is 4.90 Å². The fraction of sp³-hybridized carbons (Fsp3) is 0.250. The number of benzene rings is 2. The molecule has 0 aliphatic carbocycles. The zero-order valence-corrected chi connectivity index (χ0v) is 15.7. The molecule has 6 heteroatoms. The molecule has 26 heavy (non-hydrogen) atoms. The highest BCUT2D eigenvalue weighted by Gasteiger charge is 2.26. The van der Waals surface area contributed by atoms with Gasteiger partial charge >= 0.3 is 0 Å². The lowest BCUT2D eigenvalue weighted by atomic mass is 10.1. The van der Waals surface area contributed by atoms with Crippen LogP contribution >= 0.6 is 0 Å². The first-order valence-electron chi connectivity index (χ1n) is 8.54. The molecule has 0 unspecified atom stereocenters. The summed E-state index contributed by atoms with van der Waals surface area (Å²) in [5, 5.41) is 0.878. The van der Waals surface area contributed by atoms with E-state index >= 15 is 0 Å². The highest BCUT2D eigenvalue weighted by Crippen LogP contribution is 2.20. The summed E-state index contributed by atoms with van der Waals surface area (Å²) < 4.78 is 27.5. The van der Waals surface area contributed by atoms with Crippen LogP contribution in [0.25, 0.3) is 10.9 Å². The van der Waals surface area contributed by atoms with Gasteiger partial charge in [-0.2, -0.15) is 4.31 Å². The second-order valence-electron chi connectivity index (χ2n) is 6.72. The third-order valence-corrected chi connectivity index (χ3v) is 5.95. The van der Waals surface area contributed by atoms with E-state index in [1.54, 1.807) is 36.4 Å². The number of pyridine rings is 1. The SMILES string of the molecule is CC(C)CN(Cc1cc2ccccc2[nH]c1=O)S(=O)(=O)c1ccccc1. The van der Waals surface area contributed by atoms with E-state index in [2.05, 4.69) is 4.98 Å². The lowest BCUT2D eigenvalue weighted by Crippen LogP contribution is -2.35. The molecule has 0 aliphatic heterocycles. The van der Waals surface area contributed by atoms with Crippen molar-refractivity contribution in [2.45, 2.75) is 25.3 Å². The Balaban J connectivity index is 2.02. The van der Waals surface area contributed by atoms with Crippen LogP contribution in [-0.2, 0) is 16.6 Å². The minimum Gasteiger partial charge on any atom is -0.322 e. The van der Waals surface area contributed by atoms with Crippen LogP contribution in [-0.4, -0.2) is 24.3 Å². The Morgan fingerprint density at radius 3 is 2.35 bits per heavy atom. The largest absolute Gasteiger partial charge is 0.322 e. The molecule has 0 fully saturated rings. The quantitative estimate of drug-likeness (QED) is 0.723. The van der Waals surface area contributed by atoms with Crippen molar-refractivity contribution in [2.24, 2.45) is 5.92 Å². The Labute approximate surface area is 153 Å². The molecule has 1 heterocycles. The highest BCUT2D eigenvalue weighted by atomic mass is 32.2. The average molecular weight is 370 g/mol. The molecule has 1 N–H and O–H groups in total. The Kier molecular flexibility index (Phi) is 5.25. The molecule has 0 bridgehead atoms. The molecule has 2 aromatic carbocycles. The van der Waals surface area contributed by atoms with Gasteiger partial charge in [0.1, 0.15) is 0 Å². The Hall–Kier alpha value is -2.44. The lowest BCUT2D eigenvalue weighted by molar-refractivity contribution is 0.361. The maximum atomic E-state index is 13.1. The zero-order chi connectivity index (χ0) is 18.7. The number of hydrogen-bond donors (Lipinski definition) is 1. The first kappa shape index (κ1) is 18.4. The molecule has 0 spiro atoms. The molecule has 0 saturated heterocycles. The van der Waals surface area contributed by atoms with Crippen LogP contribution in [0.2, 0.25) is 0 Å². The molecule has 0 aliphatic rings. The minimum absolute atomic E-state index is 0.0373. The predicted octanol–water partition coefficient (Wildman–Crippen LogP) is 3.38. The van der Waals surface area contributed by atoms with Crippen molar-refractivity contribution in [3.63, 3.8) is 0 Å². The van der Waals surface area contributed by atoms with Crippen LogP contribution in [0.3, 0.4) is 0 Å². The van der Waals surface area contributed by atoms with Crippen molar-refractivity contribution in [2.75, 3.05) is 6.54 Å². The summed E-state index contributed by atoms with van der Waals surface area (Å²) in [6, 6.07) is 17.6. The van der Waals surface area contributed by atoms with Crippen LogP contribution in [0, 0.1) is 5.92 Å². The Morgan fingerprint density at radius 2 is 1.65 bits per heavy atom. The second kappa shape index (κ2) is 7.43. The highest BCUT2D eigenvalue weighted by molar-refractivity contribution is 7.89. The van der Waals surface area contributed by atoms with Crippen LogP contribution < -0.4 is 5.56 Å². The van der Waals surface area contributed by atoms with Crippen LogP contribution in [0.5, 0.6) is 0 Å². The molecule has 1 aromatic heterocycles. The van der Waals surface area contributed by atoms with E-state index in [0.29, 0.717) is 12.1 Å². The summed E-state index contributed by atoms with van der Waals surface area (Å²) >= 11 is 0. The lowest BCUT2D eigenvalue weighted by Gasteiger charge is -2.24. The average Bonchev–Trinajstić information content (AvgIpc) is 2.62. The van der Waals surface area contributed by atoms with Crippen LogP contribution in [0.15, 0.2) is 70.4 Å². The fourth-order valence-corrected chi connectivity index (χ4v) is 4.50. The van der Waals surface area contributed by atoms with Gasteiger partial charge in [-0.3, -0.25) is 4.79 Å². The summed E-state index contributed by atoms with van der Waals surface area (Å²) in [6.07, 6.45) is 0. The number of hydrogen-bond acceptors (Lipinski definition) is 3. The van der Waals surface area contributed by atoms with Crippen molar-refractivity contribution < 1.29 is 8.42 Å².